The molecule has 3 heterocycles. The highest BCUT2D eigenvalue weighted by molar-refractivity contribution is 8.18. The number of rotatable bonds is 7. The number of carbonyl (C=O) groups is 3. The smallest absolute Gasteiger partial charge is 0.293 e. The van der Waals surface area contributed by atoms with Gasteiger partial charge in [0, 0.05) is 37.0 Å². The van der Waals surface area contributed by atoms with Crippen LogP contribution in [0.3, 0.4) is 0 Å². The Morgan fingerprint density at radius 3 is 2.67 bits per heavy atom. The second-order valence-electron chi connectivity index (χ2n) is 7.91. The van der Waals surface area contributed by atoms with E-state index in [9.17, 15) is 14.4 Å². The van der Waals surface area contributed by atoms with Crippen LogP contribution in [-0.2, 0) is 16.0 Å². The van der Waals surface area contributed by atoms with Crippen molar-refractivity contribution in [3.8, 4) is 0 Å². The summed E-state index contributed by atoms with van der Waals surface area (Å²) in [6, 6.07) is 11.3. The molecule has 1 aliphatic rings. The van der Waals surface area contributed by atoms with Crippen LogP contribution in [0.4, 0.5) is 4.79 Å². The lowest BCUT2D eigenvalue weighted by Crippen LogP contribution is -2.37. The molecule has 1 saturated heterocycles. The van der Waals surface area contributed by atoms with E-state index in [1.54, 1.807) is 10.6 Å². The largest absolute Gasteiger partial charge is 0.354 e. The predicted octanol–water partition coefficient (Wildman–Crippen LogP) is 3.44. The van der Waals surface area contributed by atoms with Crippen LogP contribution in [0, 0.1) is 20.8 Å². The van der Waals surface area contributed by atoms with Crippen molar-refractivity contribution in [1.29, 1.82) is 0 Å². The van der Waals surface area contributed by atoms with E-state index < -0.39 is 0 Å². The van der Waals surface area contributed by atoms with Crippen molar-refractivity contribution < 1.29 is 14.4 Å². The minimum atomic E-state index is -0.330. The topological polar surface area (TPSA) is 96.7 Å². The first-order valence-electron chi connectivity index (χ1n) is 10.7. The van der Waals surface area contributed by atoms with Crippen LogP contribution >= 0.6 is 11.8 Å². The average molecular weight is 464 g/mol. The summed E-state index contributed by atoms with van der Waals surface area (Å²) in [7, 11) is 0. The third-order valence-corrected chi connectivity index (χ3v) is 6.42. The fourth-order valence-corrected chi connectivity index (χ4v) is 4.70. The Labute approximate surface area is 196 Å². The van der Waals surface area contributed by atoms with Crippen molar-refractivity contribution in [3.05, 3.63) is 69.5 Å². The van der Waals surface area contributed by atoms with E-state index >= 15 is 0 Å². The fourth-order valence-electron chi connectivity index (χ4n) is 3.83. The number of carbonyl (C=O) groups excluding carboxylic acids is 3. The van der Waals surface area contributed by atoms with Crippen LogP contribution < -0.4 is 5.32 Å². The Morgan fingerprint density at radius 1 is 1.15 bits per heavy atom. The minimum absolute atomic E-state index is 0.140. The number of fused-ring (bicyclic) bond motifs is 1. The summed E-state index contributed by atoms with van der Waals surface area (Å²) in [6.07, 6.45) is 2.53. The zero-order valence-electron chi connectivity index (χ0n) is 18.8. The molecule has 2 aromatic heterocycles. The lowest BCUT2D eigenvalue weighted by Gasteiger charge is -2.14. The van der Waals surface area contributed by atoms with Gasteiger partial charge >= 0.3 is 0 Å². The van der Waals surface area contributed by atoms with Crippen LogP contribution in [0.2, 0.25) is 0 Å². The number of hydrogen-bond donors (Lipinski definition) is 1. The molecular formula is C24H25N5O3S. The van der Waals surface area contributed by atoms with Crippen molar-refractivity contribution >= 4 is 40.5 Å². The van der Waals surface area contributed by atoms with E-state index in [1.165, 1.54) is 4.90 Å². The van der Waals surface area contributed by atoms with Crippen LogP contribution in [0.25, 0.3) is 11.7 Å². The number of aromatic nitrogens is 3. The Bertz CT molecular complexity index is 1270. The Kier molecular flexibility index (Phi) is 6.60. The summed E-state index contributed by atoms with van der Waals surface area (Å²) in [5, 5.41) is 6.95. The molecule has 1 fully saturated rings. The molecule has 0 saturated carbocycles. The highest BCUT2D eigenvalue weighted by atomic mass is 32.2. The Hall–Kier alpha value is -3.46. The first kappa shape index (κ1) is 22.7. The van der Waals surface area contributed by atoms with Gasteiger partial charge in [0.25, 0.3) is 11.1 Å². The van der Waals surface area contributed by atoms with Gasteiger partial charge in [0.1, 0.15) is 0 Å². The van der Waals surface area contributed by atoms with Gasteiger partial charge in [-0.15, -0.1) is 0 Å². The maximum Gasteiger partial charge on any atom is 0.293 e. The third-order valence-electron chi connectivity index (χ3n) is 5.52. The van der Waals surface area contributed by atoms with Crippen LogP contribution in [0.15, 0.2) is 41.3 Å². The molecule has 0 spiro atoms. The van der Waals surface area contributed by atoms with E-state index in [4.69, 9.17) is 0 Å². The van der Waals surface area contributed by atoms with E-state index in [-0.39, 0.29) is 36.6 Å². The van der Waals surface area contributed by atoms with Crippen molar-refractivity contribution in [2.24, 2.45) is 0 Å². The molecule has 0 atom stereocenters. The summed E-state index contributed by atoms with van der Waals surface area (Å²) >= 11 is 0.919. The Morgan fingerprint density at radius 2 is 1.91 bits per heavy atom. The number of nitrogens with one attached hydrogen (secondary N) is 1. The molecule has 0 radical (unpaired) electrons. The first-order chi connectivity index (χ1) is 15.8. The summed E-state index contributed by atoms with van der Waals surface area (Å²) < 4.78 is 1.80. The van der Waals surface area contributed by atoms with Crippen molar-refractivity contribution in [2.75, 3.05) is 13.1 Å². The zero-order valence-corrected chi connectivity index (χ0v) is 19.6. The first-order valence-corrected chi connectivity index (χ1v) is 11.5. The number of aryl methyl sites for hydroxylation is 3. The summed E-state index contributed by atoms with van der Waals surface area (Å²) in [5.74, 6) is -0.472. The lowest BCUT2D eigenvalue weighted by molar-refractivity contribution is -0.124. The van der Waals surface area contributed by atoms with Crippen molar-refractivity contribution in [3.63, 3.8) is 0 Å². The summed E-state index contributed by atoms with van der Waals surface area (Å²) in [5.41, 5.74) is 5.41. The maximum absolute atomic E-state index is 12.6. The van der Waals surface area contributed by atoms with Crippen LogP contribution in [-0.4, -0.2) is 49.6 Å². The van der Waals surface area contributed by atoms with Crippen molar-refractivity contribution in [2.45, 2.75) is 33.6 Å². The van der Waals surface area contributed by atoms with Gasteiger partial charge in [-0.3, -0.25) is 19.3 Å². The molecule has 170 valence electrons. The fraction of sp³-hybridized carbons (Fsp3) is 0.292. The molecule has 3 amide bonds. The second kappa shape index (κ2) is 9.58. The highest BCUT2D eigenvalue weighted by Crippen LogP contribution is 2.31. The monoisotopic (exact) mass is 463 g/mol. The molecule has 0 unspecified atom stereocenters. The molecule has 3 aromatic rings. The number of amides is 3. The van der Waals surface area contributed by atoms with Gasteiger partial charge in [-0.25, -0.2) is 9.50 Å². The molecule has 8 nitrogen and oxygen atoms in total. The normalized spacial score (nSPS) is 15.1. The van der Waals surface area contributed by atoms with Crippen LogP contribution in [0.1, 0.15) is 34.6 Å². The predicted molar refractivity (Wildman–Crippen MR) is 128 cm³/mol. The summed E-state index contributed by atoms with van der Waals surface area (Å²) in [4.78, 5) is 43.4. The quantitative estimate of drug-likeness (QED) is 0.539. The van der Waals surface area contributed by atoms with Crippen LogP contribution in [0.5, 0.6) is 0 Å². The number of nitrogens with zero attached hydrogens (tertiary/aromatic N) is 4. The minimum Gasteiger partial charge on any atom is -0.354 e. The van der Waals surface area contributed by atoms with Gasteiger partial charge < -0.3 is 5.32 Å². The van der Waals surface area contributed by atoms with E-state index in [1.807, 2.05) is 57.2 Å². The number of imide groups is 1. The number of benzene rings is 1. The molecule has 1 aromatic carbocycles. The van der Waals surface area contributed by atoms with Crippen molar-refractivity contribution in [1.82, 2.24) is 24.8 Å². The third kappa shape index (κ3) is 4.98. The molecule has 0 bridgehead atoms. The number of thioether (sulfide) groups is 1. The molecule has 33 heavy (non-hydrogen) atoms. The average Bonchev–Trinajstić information content (AvgIpc) is 3.28. The van der Waals surface area contributed by atoms with Gasteiger partial charge in [-0.1, -0.05) is 30.3 Å². The van der Waals surface area contributed by atoms with E-state index in [0.29, 0.717) is 11.3 Å². The van der Waals surface area contributed by atoms with Gasteiger partial charge in [-0.2, -0.15) is 5.10 Å². The standard InChI is InChI=1S/C24H25N5O3S/c1-15-13-21-26-16(2)19(17(3)29(21)27-15)9-10-22(30)25-11-12-28-23(31)20(33-24(28)32)14-18-7-5-4-6-8-18/h4-8,13-14H,9-12H2,1-3H3,(H,25,30)/b20-14-. The van der Waals surface area contributed by atoms with E-state index in [2.05, 4.69) is 15.4 Å². The maximum atomic E-state index is 12.6. The molecule has 1 N–H and O–H groups in total. The second-order valence-corrected chi connectivity index (χ2v) is 8.90. The molecular weight excluding hydrogens is 438 g/mol. The van der Waals surface area contributed by atoms with Gasteiger partial charge in [-0.05, 0) is 56.2 Å². The molecule has 4 rings (SSSR count). The Balaban J connectivity index is 1.30. The molecule has 9 heteroatoms. The van der Waals surface area contributed by atoms with Gasteiger partial charge in [0.2, 0.25) is 5.91 Å². The highest BCUT2D eigenvalue weighted by Gasteiger charge is 2.34. The molecule has 0 aliphatic carbocycles. The summed E-state index contributed by atoms with van der Waals surface area (Å²) in [6.45, 7) is 6.19. The van der Waals surface area contributed by atoms with E-state index in [0.717, 1.165) is 45.6 Å². The van der Waals surface area contributed by atoms with Gasteiger partial charge in [0.05, 0.1) is 10.6 Å². The zero-order chi connectivity index (χ0) is 23.5. The molecule has 1 aliphatic heterocycles. The number of hydrogen-bond acceptors (Lipinski definition) is 6. The lowest BCUT2D eigenvalue weighted by atomic mass is 10.1. The van der Waals surface area contributed by atoms with Gasteiger partial charge in [0.15, 0.2) is 5.65 Å². The SMILES string of the molecule is Cc1cc2nc(C)c(CCC(=O)NCCN3C(=O)S/C(=C\c4ccccc4)C3=O)c(C)n2n1.